The summed E-state index contributed by atoms with van der Waals surface area (Å²) in [6.07, 6.45) is 1.37. The van der Waals surface area contributed by atoms with Gasteiger partial charge >= 0.3 is 0 Å². The molecule has 0 unspecified atom stereocenters. The maximum absolute atomic E-state index is 13.7. The summed E-state index contributed by atoms with van der Waals surface area (Å²) in [7, 11) is 0. The van der Waals surface area contributed by atoms with Crippen molar-refractivity contribution in [3.05, 3.63) is 81.3 Å². The van der Waals surface area contributed by atoms with E-state index >= 15 is 0 Å². The molecule has 1 N–H and O–H groups in total. The number of hydrogen-bond acceptors (Lipinski definition) is 5. The predicted molar refractivity (Wildman–Crippen MR) is 106 cm³/mol. The number of nitriles is 1. The van der Waals surface area contributed by atoms with Crippen molar-refractivity contribution in [1.82, 2.24) is 9.97 Å². The lowest BCUT2D eigenvalue weighted by Gasteiger charge is -2.38. The molecule has 1 amide bonds. The van der Waals surface area contributed by atoms with E-state index in [4.69, 9.17) is 0 Å². The number of nitrogens with one attached hydrogen (secondary N) is 1. The molecule has 3 aromatic rings. The third-order valence-electron chi connectivity index (χ3n) is 4.87. The van der Waals surface area contributed by atoms with Gasteiger partial charge in [-0.05, 0) is 49.7 Å². The zero-order valence-electron chi connectivity index (χ0n) is 15.7. The molecule has 8 heteroatoms. The van der Waals surface area contributed by atoms with E-state index < -0.39 is 0 Å². The van der Waals surface area contributed by atoms with E-state index in [9.17, 15) is 19.2 Å². The van der Waals surface area contributed by atoms with Crippen LogP contribution < -0.4 is 15.4 Å². The van der Waals surface area contributed by atoms with Crippen LogP contribution in [0.5, 0.6) is 0 Å². The molecule has 7 nitrogen and oxygen atoms in total. The van der Waals surface area contributed by atoms with Crippen LogP contribution in [0.1, 0.15) is 27.3 Å². The van der Waals surface area contributed by atoms with Crippen LogP contribution in [0.25, 0.3) is 0 Å². The Hall–Kier alpha value is -3.99. The van der Waals surface area contributed by atoms with Crippen LogP contribution in [0.3, 0.4) is 0 Å². The monoisotopic (exact) mass is 389 g/mol. The minimum absolute atomic E-state index is 0.125. The van der Waals surface area contributed by atoms with E-state index in [1.165, 1.54) is 29.3 Å². The van der Waals surface area contributed by atoms with Gasteiger partial charge in [0.2, 0.25) is 5.56 Å². The minimum Gasteiger partial charge on any atom is -0.324 e. The molecule has 0 spiro atoms. The number of aromatic nitrogens is 2. The number of amides is 1. The molecule has 144 valence electrons. The minimum atomic E-state index is -0.361. The van der Waals surface area contributed by atoms with Gasteiger partial charge in [0.1, 0.15) is 24.2 Å². The lowest BCUT2D eigenvalue weighted by molar-refractivity contribution is 0.0983. The van der Waals surface area contributed by atoms with Gasteiger partial charge in [-0.25, -0.2) is 9.37 Å². The number of rotatable bonds is 2. The van der Waals surface area contributed by atoms with E-state index in [0.717, 1.165) is 0 Å². The molecule has 0 aliphatic carbocycles. The Morgan fingerprint density at radius 3 is 2.52 bits per heavy atom. The molecule has 0 saturated heterocycles. The van der Waals surface area contributed by atoms with Crippen molar-refractivity contribution in [3.8, 4) is 6.07 Å². The molecule has 0 fully saturated rings. The fourth-order valence-corrected chi connectivity index (χ4v) is 3.50. The maximum atomic E-state index is 13.7. The van der Waals surface area contributed by atoms with Gasteiger partial charge in [-0.1, -0.05) is 0 Å². The second-order valence-electron chi connectivity index (χ2n) is 6.76. The quantitative estimate of drug-likeness (QED) is 0.727. The number of fused-ring (bicyclic) bond motifs is 1. The highest BCUT2D eigenvalue weighted by Crippen LogP contribution is 2.37. The van der Waals surface area contributed by atoms with Gasteiger partial charge in [0.15, 0.2) is 0 Å². The summed E-state index contributed by atoms with van der Waals surface area (Å²) in [5.74, 6) is -0.663. The SMILES string of the molecule is Cc1cc(F)ccc1N1CN(c2ccc(=O)[nH]c2C)C(=O)c2cnc(C#N)cc21. The molecule has 1 aliphatic heterocycles. The van der Waals surface area contributed by atoms with Gasteiger partial charge in [-0.15, -0.1) is 0 Å². The second-order valence-corrected chi connectivity index (χ2v) is 6.76. The van der Waals surface area contributed by atoms with Crippen LogP contribution in [0, 0.1) is 31.0 Å². The fourth-order valence-electron chi connectivity index (χ4n) is 3.50. The molecule has 2 aromatic heterocycles. The summed E-state index contributed by atoms with van der Waals surface area (Å²) in [6, 6.07) is 10.9. The van der Waals surface area contributed by atoms with Crippen molar-refractivity contribution in [1.29, 1.82) is 5.26 Å². The molecule has 0 bridgehead atoms. The third kappa shape index (κ3) is 3.12. The van der Waals surface area contributed by atoms with E-state index in [-0.39, 0.29) is 29.6 Å². The lowest BCUT2D eigenvalue weighted by Crippen LogP contribution is -2.45. The van der Waals surface area contributed by atoms with E-state index in [2.05, 4.69) is 9.97 Å². The molecular weight excluding hydrogens is 373 g/mol. The average Bonchev–Trinajstić information content (AvgIpc) is 2.69. The first-order chi connectivity index (χ1) is 13.9. The van der Waals surface area contributed by atoms with E-state index in [1.54, 1.807) is 32.0 Å². The number of nitrogens with zero attached hydrogens (tertiary/aromatic N) is 4. The summed E-state index contributed by atoms with van der Waals surface area (Å²) >= 11 is 0. The number of H-pyrrole nitrogens is 1. The van der Waals surface area contributed by atoms with Gasteiger partial charge in [0.25, 0.3) is 5.91 Å². The Kier molecular flexibility index (Phi) is 4.35. The van der Waals surface area contributed by atoms with Crippen LogP contribution in [0.2, 0.25) is 0 Å². The number of anilines is 3. The Labute approximate surface area is 165 Å². The third-order valence-corrected chi connectivity index (χ3v) is 4.87. The molecule has 0 saturated carbocycles. The van der Waals surface area contributed by atoms with Gasteiger partial charge < -0.3 is 9.88 Å². The zero-order valence-corrected chi connectivity index (χ0v) is 15.7. The highest BCUT2D eigenvalue weighted by Gasteiger charge is 2.33. The topological polar surface area (TPSA) is 93.1 Å². The summed E-state index contributed by atoms with van der Waals surface area (Å²) in [5.41, 5.74) is 3.22. The first-order valence-corrected chi connectivity index (χ1v) is 8.84. The Morgan fingerprint density at radius 2 is 1.83 bits per heavy atom. The largest absolute Gasteiger partial charge is 0.324 e. The molecule has 4 rings (SSSR count). The average molecular weight is 389 g/mol. The van der Waals surface area contributed by atoms with Crippen LogP contribution in [0.4, 0.5) is 21.5 Å². The Bertz CT molecular complexity index is 1240. The van der Waals surface area contributed by atoms with Gasteiger partial charge in [-0.3, -0.25) is 14.5 Å². The van der Waals surface area contributed by atoms with Gasteiger partial charge in [0, 0.05) is 23.6 Å². The Balaban J connectivity index is 1.92. The zero-order chi connectivity index (χ0) is 20.7. The summed E-state index contributed by atoms with van der Waals surface area (Å²) in [6.45, 7) is 3.61. The lowest BCUT2D eigenvalue weighted by atomic mass is 10.1. The standard InChI is InChI=1S/C21H16FN5O2/c1-12-7-14(22)3-4-17(12)26-11-27(18-5-6-20(28)25-13(18)2)21(29)16-10-24-15(9-23)8-19(16)26/h3-8,10H,11H2,1-2H3,(H,25,28). The summed E-state index contributed by atoms with van der Waals surface area (Å²) in [4.78, 5) is 34.9. The summed E-state index contributed by atoms with van der Waals surface area (Å²) in [5, 5.41) is 9.24. The van der Waals surface area contributed by atoms with Crippen molar-refractivity contribution in [2.45, 2.75) is 13.8 Å². The van der Waals surface area contributed by atoms with Crippen LogP contribution in [-0.4, -0.2) is 22.5 Å². The van der Waals surface area contributed by atoms with Crippen molar-refractivity contribution in [2.24, 2.45) is 0 Å². The molecule has 1 aliphatic rings. The van der Waals surface area contributed by atoms with Crippen molar-refractivity contribution in [3.63, 3.8) is 0 Å². The first kappa shape index (κ1) is 18.4. The number of halogens is 1. The number of carbonyl (C=O) groups excluding carboxylic acids is 1. The van der Waals surface area contributed by atoms with Crippen molar-refractivity contribution in [2.75, 3.05) is 16.5 Å². The molecular formula is C21H16FN5O2. The highest BCUT2D eigenvalue weighted by atomic mass is 19.1. The second kappa shape index (κ2) is 6.87. The van der Waals surface area contributed by atoms with Crippen LogP contribution in [-0.2, 0) is 0 Å². The van der Waals surface area contributed by atoms with E-state index in [1.807, 2.05) is 11.0 Å². The maximum Gasteiger partial charge on any atom is 0.263 e. The van der Waals surface area contributed by atoms with E-state index in [0.29, 0.717) is 33.9 Å². The number of hydrogen-bond donors (Lipinski definition) is 1. The number of aromatic amines is 1. The number of pyridine rings is 2. The number of aryl methyl sites for hydroxylation is 2. The van der Waals surface area contributed by atoms with Gasteiger partial charge in [-0.2, -0.15) is 5.26 Å². The first-order valence-electron chi connectivity index (χ1n) is 8.84. The molecule has 0 atom stereocenters. The van der Waals surface area contributed by atoms with Crippen LogP contribution in [0.15, 0.2) is 47.4 Å². The fraction of sp³-hybridized carbons (Fsp3) is 0.143. The summed E-state index contributed by atoms with van der Waals surface area (Å²) < 4.78 is 13.7. The highest BCUT2D eigenvalue weighted by molar-refractivity contribution is 6.12. The van der Waals surface area contributed by atoms with Crippen molar-refractivity contribution >= 4 is 23.0 Å². The number of carbonyl (C=O) groups is 1. The molecule has 0 radical (unpaired) electrons. The van der Waals surface area contributed by atoms with Gasteiger partial charge in [0.05, 0.1) is 16.9 Å². The molecule has 29 heavy (non-hydrogen) atoms. The normalized spacial score (nSPS) is 13.2. The molecule has 1 aromatic carbocycles. The molecule has 3 heterocycles. The Morgan fingerprint density at radius 1 is 1.07 bits per heavy atom. The van der Waals surface area contributed by atoms with Crippen LogP contribution >= 0.6 is 0 Å². The predicted octanol–water partition coefficient (Wildman–Crippen LogP) is 3.15. The number of benzene rings is 1. The smallest absolute Gasteiger partial charge is 0.263 e. The van der Waals surface area contributed by atoms with Crippen molar-refractivity contribution < 1.29 is 9.18 Å².